The van der Waals surface area contributed by atoms with Crippen LogP contribution < -0.4 is 5.56 Å². The number of aromatic amines is 1. The zero-order chi connectivity index (χ0) is 20.7. The normalized spacial score (nSPS) is 11.3. The van der Waals surface area contributed by atoms with Crippen molar-refractivity contribution in [3.8, 4) is 28.3 Å². The molecule has 5 nitrogen and oxygen atoms in total. The number of hydrogen-bond acceptors (Lipinski definition) is 3. The van der Waals surface area contributed by atoms with Crippen molar-refractivity contribution in [3.05, 3.63) is 106 Å². The molecule has 2 aliphatic heterocycles. The van der Waals surface area contributed by atoms with Crippen molar-refractivity contribution in [1.29, 1.82) is 0 Å². The van der Waals surface area contributed by atoms with Crippen molar-refractivity contribution in [1.82, 2.24) is 14.5 Å². The zero-order valence-corrected chi connectivity index (χ0v) is 16.8. The summed E-state index contributed by atoms with van der Waals surface area (Å²) in [6.45, 7) is 4.14. The van der Waals surface area contributed by atoms with Gasteiger partial charge in [-0.2, -0.15) is 0 Å². The molecule has 0 radical (unpaired) electrons. The number of fused-ring (bicyclic) bond motifs is 1. The van der Waals surface area contributed by atoms with Gasteiger partial charge in [0.15, 0.2) is 5.82 Å². The van der Waals surface area contributed by atoms with Gasteiger partial charge in [-0.15, -0.1) is 0 Å². The molecule has 0 bridgehead atoms. The fraction of sp³-hybridized carbons (Fsp3) is 0.120. The molecule has 0 unspecified atom stereocenters. The monoisotopic (exact) mass is 395 g/mol. The van der Waals surface area contributed by atoms with E-state index in [2.05, 4.69) is 37.0 Å². The van der Waals surface area contributed by atoms with E-state index >= 15 is 0 Å². The van der Waals surface area contributed by atoms with Crippen molar-refractivity contribution in [2.75, 3.05) is 0 Å². The number of furan rings is 1. The first-order chi connectivity index (χ1) is 14.6. The Kier molecular flexibility index (Phi) is 4.36. The summed E-state index contributed by atoms with van der Waals surface area (Å²) in [5.41, 5.74) is 6.35. The molecule has 3 heterocycles. The fourth-order valence-corrected chi connectivity index (χ4v) is 3.89. The third kappa shape index (κ3) is 3.24. The van der Waals surface area contributed by atoms with Gasteiger partial charge in [-0.05, 0) is 43.7 Å². The van der Waals surface area contributed by atoms with Crippen LogP contribution in [0.3, 0.4) is 0 Å². The predicted molar refractivity (Wildman–Crippen MR) is 117 cm³/mol. The fourth-order valence-electron chi connectivity index (χ4n) is 3.89. The standard InChI is InChI=1S/C25H21N3O2/c1-16-11-17(2)13-19(12-16)23-24-27-21(14-20-9-6-10-30-20)25(29)28(24)15-22(26-23)18-7-4-3-5-8-18/h3-13,15,26H,14H2,1-2H3. The van der Waals surface area contributed by atoms with Gasteiger partial charge >= 0.3 is 0 Å². The van der Waals surface area contributed by atoms with E-state index in [4.69, 9.17) is 9.40 Å². The smallest absolute Gasteiger partial charge is 0.278 e. The summed E-state index contributed by atoms with van der Waals surface area (Å²) in [5, 5.41) is 0. The number of rotatable bonds is 4. The predicted octanol–water partition coefficient (Wildman–Crippen LogP) is 5.13. The Balaban J connectivity index is 1.76. The van der Waals surface area contributed by atoms with Crippen LogP contribution in [-0.2, 0) is 6.42 Å². The lowest BCUT2D eigenvalue weighted by molar-refractivity contribution is 0.519. The summed E-state index contributed by atoms with van der Waals surface area (Å²) in [4.78, 5) is 21.4. The molecule has 148 valence electrons. The Hall–Kier alpha value is -3.86. The van der Waals surface area contributed by atoms with Gasteiger partial charge in [0.05, 0.1) is 24.1 Å². The van der Waals surface area contributed by atoms with Crippen molar-refractivity contribution >= 4 is 0 Å². The van der Waals surface area contributed by atoms with Crippen LogP contribution in [0.1, 0.15) is 22.6 Å². The third-order valence-corrected chi connectivity index (χ3v) is 5.19. The van der Waals surface area contributed by atoms with Crippen LogP contribution in [0.25, 0.3) is 28.3 Å². The Morgan fingerprint density at radius 2 is 1.73 bits per heavy atom. The number of imidazole rings is 1. The summed E-state index contributed by atoms with van der Waals surface area (Å²) in [5.74, 6) is 1.34. The molecular formula is C25H21N3O2. The number of hydrogen-bond donors (Lipinski definition) is 1. The van der Waals surface area contributed by atoms with Gasteiger partial charge in [0, 0.05) is 11.8 Å². The van der Waals surface area contributed by atoms with Crippen molar-refractivity contribution in [2.24, 2.45) is 0 Å². The van der Waals surface area contributed by atoms with Crippen molar-refractivity contribution < 1.29 is 4.42 Å². The Labute approximate surface area is 174 Å². The molecule has 1 N–H and O–H groups in total. The first-order valence-corrected chi connectivity index (χ1v) is 9.89. The van der Waals surface area contributed by atoms with Crippen molar-refractivity contribution in [3.63, 3.8) is 0 Å². The molecule has 30 heavy (non-hydrogen) atoms. The van der Waals surface area contributed by atoms with Crippen LogP contribution >= 0.6 is 0 Å². The number of nitrogens with zero attached hydrogens (tertiary/aromatic N) is 2. The number of aromatic nitrogens is 3. The highest BCUT2D eigenvalue weighted by Gasteiger charge is 2.21. The maximum Gasteiger partial charge on any atom is 0.278 e. The molecule has 0 amide bonds. The molecule has 2 aliphatic rings. The van der Waals surface area contributed by atoms with Crippen LogP contribution in [0.4, 0.5) is 0 Å². The molecule has 0 aliphatic carbocycles. The van der Waals surface area contributed by atoms with Crippen LogP contribution in [0.5, 0.6) is 0 Å². The van der Waals surface area contributed by atoms with Gasteiger partial charge in [-0.1, -0.05) is 47.5 Å². The molecule has 0 saturated heterocycles. The second-order valence-electron chi connectivity index (χ2n) is 7.60. The number of H-pyrrole nitrogens is 1. The first kappa shape index (κ1) is 18.2. The van der Waals surface area contributed by atoms with Crippen LogP contribution in [0.15, 0.2) is 82.3 Å². The summed E-state index contributed by atoms with van der Waals surface area (Å²) in [6.07, 6.45) is 3.80. The SMILES string of the molecule is Cc1cc(C)cc(-c2[nH]c(-c3ccccc3)cn3c(=O)c(Cc4ccco4)nc2-3)c1. The Morgan fingerprint density at radius 1 is 0.967 bits per heavy atom. The third-order valence-electron chi connectivity index (χ3n) is 5.19. The van der Waals surface area contributed by atoms with Gasteiger partial charge in [-0.3, -0.25) is 9.36 Å². The van der Waals surface area contributed by atoms with E-state index in [0.29, 0.717) is 17.9 Å². The average molecular weight is 395 g/mol. The lowest BCUT2D eigenvalue weighted by Crippen LogP contribution is -2.16. The first-order valence-electron chi connectivity index (χ1n) is 9.89. The van der Waals surface area contributed by atoms with E-state index in [1.54, 1.807) is 10.8 Å². The van der Waals surface area contributed by atoms with E-state index in [-0.39, 0.29) is 5.56 Å². The van der Waals surface area contributed by atoms with E-state index in [1.165, 1.54) is 0 Å². The van der Waals surface area contributed by atoms with Gasteiger partial charge in [0.25, 0.3) is 5.56 Å². The summed E-state index contributed by atoms with van der Waals surface area (Å²) >= 11 is 0. The maximum atomic E-state index is 13.2. The topological polar surface area (TPSA) is 63.8 Å². The van der Waals surface area contributed by atoms with E-state index in [0.717, 1.165) is 39.4 Å². The largest absolute Gasteiger partial charge is 0.469 e. The highest BCUT2D eigenvalue weighted by molar-refractivity contribution is 5.72. The lowest BCUT2D eigenvalue weighted by Gasteiger charge is -2.14. The van der Waals surface area contributed by atoms with Crippen molar-refractivity contribution in [2.45, 2.75) is 20.3 Å². The van der Waals surface area contributed by atoms with Gasteiger partial charge in [0.1, 0.15) is 11.5 Å². The summed E-state index contributed by atoms with van der Waals surface area (Å²) in [6, 6.07) is 20.0. The molecule has 1 aromatic heterocycles. The van der Waals surface area contributed by atoms with Gasteiger partial charge < -0.3 is 9.40 Å². The molecule has 5 heteroatoms. The van der Waals surface area contributed by atoms with Gasteiger partial charge in [0.2, 0.25) is 0 Å². The number of aryl methyl sites for hydroxylation is 2. The quantitative estimate of drug-likeness (QED) is 0.459. The Morgan fingerprint density at radius 3 is 2.43 bits per heavy atom. The molecule has 3 aromatic rings. The second-order valence-corrected chi connectivity index (χ2v) is 7.60. The lowest BCUT2D eigenvalue weighted by atomic mass is 10.0. The van der Waals surface area contributed by atoms with Crippen LogP contribution in [0, 0.1) is 13.8 Å². The molecule has 0 fully saturated rings. The molecule has 0 saturated carbocycles. The minimum atomic E-state index is -0.127. The van der Waals surface area contributed by atoms with Crippen LogP contribution in [0.2, 0.25) is 0 Å². The summed E-state index contributed by atoms with van der Waals surface area (Å²) in [7, 11) is 0. The minimum Gasteiger partial charge on any atom is -0.469 e. The Bertz CT molecular complexity index is 1330. The second kappa shape index (κ2) is 7.19. The van der Waals surface area contributed by atoms with E-state index < -0.39 is 0 Å². The molecule has 0 atom stereocenters. The highest BCUT2D eigenvalue weighted by atomic mass is 16.3. The van der Waals surface area contributed by atoms with Crippen LogP contribution in [-0.4, -0.2) is 14.5 Å². The van der Waals surface area contributed by atoms with E-state index in [1.807, 2.05) is 48.7 Å². The average Bonchev–Trinajstić information content (AvgIpc) is 3.36. The molecular weight excluding hydrogens is 374 g/mol. The highest BCUT2D eigenvalue weighted by Crippen LogP contribution is 2.30. The molecule has 5 rings (SSSR count). The number of benzene rings is 2. The summed E-state index contributed by atoms with van der Waals surface area (Å²) < 4.78 is 7.07. The number of nitrogens with one attached hydrogen (secondary N) is 1. The minimum absolute atomic E-state index is 0.127. The molecule has 0 spiro atoms. The maximum absolute atomic E-state index is 13.2. The van der Waals surface area contributed by atoms with Gasteiger partial charge in [-0.25, -0.2) is 4.98 Å². The van der Waals surface area contributed by atoms with E-state index in [9.17, 15) is 4.79 Å². The molecule has 2 aromatic carbocycles. The zero-order valence-electron chi connectivity index (χ0n) is 16.8.